The van der Waals surface area contributed by atoms with Crippen LogP contribution in [0.25, 0.3) is 16.7 Å². The fourth-order valence-electron chi connectivity index (χ4n) is 7.15. The second kappa shape index (κ2) is 12.0. The molecule has 0 fully saturated rings. The lowest BCUT2D eigenvalue weighted by molar-refractivity contribution is -0.697. The van der Waals surface area contributed by atoms with Crippen LogP contribution in [0.1, 0.15) is 23.1 Å². The fourth-order valence-corrected chi connectivity index (χ4v) is 7.15. The van der Waals surface area contributed by atoms with Crippen molar-refractivity contribution in [3.05, 3.63) is 132 Å². The molecule has 2 amide bonds. The van der Waals surface area contributed by atoms with Crippen molar-refractivity contribution in [2.75, 3.05) is 20.8 Å². The summed E-state index contributed by atoms with van der Waals surface area (Å²) >= 11 is 0. The third-order valence-electron chi connectivity index (χ3n) is 9.07. The topological polar surface area (TPSA) is 97.1 Å². The number of fused-ring (bicyclic) bond motifs is 7. The molecule has 46 heavy (non-hydrogen) atoms. The molecule has 9 nitrogen and oxygen atoms in total. The number of allylic oxidation sites excluding steroid dienone is 2. The molecule has 1 aliphatic carbocycles. The quantitative estimate of drug-likeness (QED) is 0.203. The van der Waals surface area contributed by atoms with Gasteiger partial charge in [-0.25, -0.2) is 14.2 Å². The highest BCUT2D eigenvalue weighted by molar-refractivity contribution is 6.13. The standard InChI is InChI=1S/C36H30N3O6.BrH/c1-44-34(42)32-33(35(43)45-2)38-21-16-24(23-14-19-37(20-15-23)17-7-18-39-30(40)12-13-31(39)41)22-29(38)36(32)27-10-5-3-8-25(27)26-9-4-6-11-28(26)36;/h3-6,8-16,19-22,29H,7,17-18H2,1-2H3;1H/q+1;/p-1. The van der Waals surface area contributed by atoms with Crippen molar-refractivity contribution < 1.29 is 50.2 Å². The molecular weight excluding hydrogens is 650 g/mol. The van der Waals surface area contributed by atoms with Crippen molar-refractivity contribution in [2.45, 2.75) is 24.4 Å². The lowest BCUT2D eigenvalue weighted by atomic mass is 9.67. The zero-order chi connectivity index (χ0) is 31.3. The first-order valence-electron chi connectivity index (χ1n) is 14.7. The van der Waals surface area contributed by atoms with Gasteiger partial charge < -0.3 is 31.4 Å². The smallest absolute Gasteiger partial charge is 0.355 e. The molecule has 1 atom stereocenters. The minimum absolute atomic E-state index is 0. The van der Waals surface area contributed by atoms with Crippen LogP contribution in [0.15, 0.2) is 115 Å². The largest absolute Gasteiger partial charge is 1.00 e. The lowest BCUT2D eigenvalue weighted by Gasteiger charge is -2.38. The van der Waals surface area contributed by atoms with E-state index < -0.39 is 23.4 Å². The van der Waals surface area contributed by atoms with Gasteiger partial charge >= 0.3 is 11.9 Å². The van der Waals surface area contributed by atoms with Crippen LogP contribution in [0.2, 0.25) is 0 Å². The van der Waals surface area contributed by atoms with Crippen LogP contribution in [0.3, 0.4) is 0 Å². The molecule has 7 rings (SSSR count). The van der Waals surface area contributed by atoms with E-state index in [2.05, 4.69) is 6.08 Å². The number of pyridine rings is 1. The van der Waals surface area contributed by atoms with E-state index in [4.69, 9.17) is 9.47 Å². The molecule has 1 aromatic heterocycles. The van der Waals surface area contributed by atoms with Gasteiger partial charge in [-0.2, -0.15) is 0 Å². The number of esters is 2. The normalized spacial score (nSPS) is 18.3. The summed E-state index contributed by atoms with van der Waals surface area (Å²) in [7, 11) is 2.64. The minimum Gasteiger partial charge on any atom is -1.00 e. The maximum atomic E-state index is 13.8. The van der Waals surface area contributed by atoms with E-state index in [0.717, 1.165) is 33.4 Å². The van der Waals surface area contributed by atoms with Crippen LogP contribution in [0.4, 0.5) is 0 Å². The summed E-state index contributed by atoms with van der Waals surface area (Å²) in [6, 6.07) is 19.5. The molecule has 232 valence electrons. The van der Waals surface area contributed by atoms with Gasteiger partial charge in [0.1, 0.15) is 12.2 Å². The van der Waals surface area contributed by atoms with Gasteiger partial charge in [-0.3, -0.25) is 14.5 Å². The second-order valence-electron chi connectivity index (χ2n) is 11.2. The SMILES string of the molecule is COC(=O)C1=C(C(=O)OC)C2(c3ccccc3-c3ccccc32)C2C=C(c3cc[n+](CCCN4C(=O)C=CC4=O)cc3)C=CN12.[Br-]. The number of hydrogen-bond donors (Lipinski definition) is 0. The summed E-state index contributed by atoms with van der Waals surface area (Å²) in [4.78, 5) is 54.0. The number of methoxy groups -OCH3 is 2. The minimum atomic E-state index is -1.03. The fraction of sp³-hybridized carbons (Fsp3) is 0.194. The molecule has 0 bridgehead atoms. The molecule has 1 unspecified atom stereocenters. The zero-order valence-electron chi connectivity index (χ0n) is 25.2. The predicted molar refractivity (Wildman–Crippen MR) is 164 cm³/mol. The Morgan fingerprint density at radius 2 is 1.41 bits per heavy atom. The van der Waals surface area contributed by atoms with E-state index in [1.165, 1.54) is 31.3 Å². The highest BCUT2D eigenvalue weighted by Gasteiger charge is 2.62. The first kappa shape index (κ1) is 30.9. The number of benzene rings is 2. The summed E-state index contributed by atoms with van der Waals surface area (Å²) in [5.74, 6) is -1.76. The summed E-state index contributed by atoms with van der Waals surface area (Å²) in [6.45, 7) is 0.988. The van der Waals surface area contributed by atoms with Crippen molar-refractivity contribution in [1.82, 2.24) is 9.80 Å². The average molecular weight is 681 g/mol. The van der Waals surface area contributed by atoms with E-state index in [-0.39, 0.29) is 40.1 Å². The molecule has 3 aliphatic heterocycles. The molecular formula is C36H30BrN3O6. The number of amides is 2. The van der Waals surface area contributed by atoms with Crippen LogP contribution in [-0.4, -0.2) is 60.4 Å². The number of aromatic nitrogens is 1. The number of aryl methyl sites for hydroxylation is 1. The number of ether oxygens (including phenoxy) is 2. The Morgan fingerprint density at radius 1 is 0.826 bits per heavy atom. The van der Waals surface area contributed by atoms with E-state index in [9.17, 15) is 19.2 Å². The van der Waals surface area contributed by atoms with E-state index in [0.29, 0.717) is 19.5 Å². The number of imide groups is 1. The molecule has 4 aliphatic rings. The Labute approximate surface area is 276 Å². The van der Waals surface area contributed by atoms with Gasteiger partial charge in [-0.05, 0) is 39.5 Å². The van der Waals surface area contributed by atoms with Gasteiger partial charge in [0.15, 0.2) is 12.4 Å². The summed E-state index contributed by atoms with van der Waals surface area (Å²) in [5, 5.41) is 0. The monoisotopic (exact) mass is 679 g/mol. The molecule has 0 radical (unpaired) electrons. The molecule has 0 saturated heterocycles. The summed E-state index contributed by atoms with van der Waals surface area (Å²) in [6.07, 6.45) is 13.0. The summed E-state index contributed by atoms with van der Waals surface area (Å²) in [5.41, 5.74) is 5.09. The van der Waals surface area contributed by atoms with Gasteiger partial charge in [-0.1, -0.05) is 54.6 Å². The molecule has 1 spiro atoms. The third kappa shape index (κ3) is 4.55. The third-order valence-corrected chi connectivity index (χ3v) is 9.07. The van der Waals surface area contributed by atoms with Gasteiger partial charge in [-0.15, -0.1) is 0 Å². The highest BCUT2D eigenvalue weighted by Crippen LogP contribution is 2.61. The van der Waals surface area contributed by atoms with Crippen molar-refractivity contribution in [1.29, 1.82) is 0 Å². The van der Waals surface area contributed by atoms with Crippen molar-refractivity contribution in [3.63, 3.8) is 0 Å². The van der Waals surface area contributed by atoms with Gasteiger partial charge in [0.25, 0.3) is 11.8 Å². The Bertz CT molecular complexity index is 1840. The average Bonchev–Trinajstić information content (AvgIpc) is 3.68. The van der Waals surface area contributed by atoms with Crippen LogP contribution in [0, 0.1) is 0 Å². The number of halogens is 1. The van der Waals surface area contributed by atoms with E-state index >= 15 is 0 Å². The molecule has 3 aromatic rings. The van der Waals surface area contributed by atoms with Gasteiger partial charge in [0.05, 0.1) is 31.2 Å². The second-order valence-corrected chi connectivity index (χ2v) is 11.2. The molecule has 10 heteroatoms. The van der Waals surface area contributed by atoms with E-state index in [1.807, 2.05) is 94.8 Å². The number of hydrogen-bond acceptors (Lipinski definition) is 7. The van der Waals surface area contributed by atoms with Gasteiger partial charge in [0, 0.05) is 43.5 Å². The first-order valence-corrected chi connectivity index (χ1v) is 14.7. The van der Waals surface area contributed by atoms with Crippen LogP contribution >= 0.6 is 0 Å². The number of carbonyl (C=O) groups is 4. The van der Waals surface area contributed by atoms with Crippen molar-refractivity contribution in [3.8, 4) is 11.1 Å². The number of carbonyl (C=O) groups excluding carboxylic acids is 4. The van der Waals surface area contributed by atoms with Crippen LogP contribution < -0.4 is 21.5 Å². The highest BCUT2D eigenvalue weighted by atomic mass is 79.9. The van der Waals surface area contributed by atoms with Crippen molar-refractivity contribution in [2.24, 2.45) is 0 Å². The Hall–Kier alpha value is -5.09. The molecule has 0 N–H and O–H groups in total. The maximum absolute atomic E-state index is 13.8. The zero-order valence-corrected chi connectivity index (χ0v) is 26.8. The number of nitrogens with zero attached hydrogens (tertiary/aromatic N) is 3. The molecule has 0 saturated carbocycles. The number of rotatable bonds is 7. The Morgan fingerprint density at radius 3 is 2.00 bits per heavy atom. The Kier molecular flexibility index (Phi) is 8.08. The van der Waals surface area contributed by atoms with Crippen molar-refractivity contribution >= 4 is 29.3 Å². The molecule has 2 aromatic carbocycles. The van der Waals surface area contributed by atoms with Crippen LogP contribution in [0.5, 0.6) is 0 Å². The van der Waals surface area contributed by atoms with Crippen LogP contribution in [-0.2, 0) is 40.6 Å². The van der Waals surface area contributed by atoms with E-state index in [1.54, 1.807) is 0 Å². The maximum Gasteiger partial charge on any atom is 0.355 e. The molecule has 4 heterocycles. The predicted octanol–water partition coefficient (Wildman–Crippen LogP) is 0.455. The summed E-state index contributed by atoms with van der Waals surface area (Å²) < 4.78 is 12.6. The van der Waals surface area contributed by atoms with Gasteiger partial charge in [0.2, 0.25) is 0 Å². The lowest BCUT2D eigenvalue weighted by Crippen LogP contribution is -3.00. The first-order chi connectivity index (χ1) is 21.9. The Balaban J connectivity index is 0.00000372.